The third-order valence-corrected chi connectivity index (χ3v) is 7.59. The van der Waals surface area contributed by atoms with Gasteiger partial charge in [-0.1, -0.05) is 13.8 Å². The fraction of sp³-hybridized carbons (Fsp3) is 0.667. The van der Waals surface area contributed by atoms with E-state index in [1.54, 1.807) is 7.11 Å². The Bertz CT molecular complexity index is 787. The molecular formula is C21H34N3O4S+. The number of amides is 1. The molecule has 0 radical (unpaired) electrons. The Hall–Kier alpha value is -1.80. The van der Waals surface area contributed by atoms with Crippen LogP contribution in [-0.4, -0.2) is 83.2 Å². The highest BCUT2D eigenvalue weighted by Gasteiger charge is 2.36. The normalized spacial score (nSPS) is 22.1. The highest BCUT2D eigenvalue weighted by atomic mass is 32.2. The zero-order valence-corrected chi connectivity index (χ0v) is 18.6. The number of rotatable bonds is 7. The van der Waals surface area contributed by atoms with Gasteiger partial charge in [0.25, 0.3) is 5.91 Å². The molecule has 3 rings (SSSR count). The van der Waals surface area contributed by atoms with E-state index >= 15 is 0 Å². The van der Waals surface area contributed by atoms with Crippen LogP contribution >= 0.6 is 0 Å². The number of hydrogen-bond acceptors (Lipinski definition) is 5. The van der Waals surface area contributed by atoms with Gasteiger partial charge < -0.3 is 19.4 Å². The van der Waals surface area contributed by atoms with E-state index in [1.807, 2.05) is 17.0 Å². The first-order valence-electron chi connectivity index (χ1n) is 10.5. The van der Waals surface area contributed by atoms with Crippen LogP contribution in [0.4, 0.5) is 5.69 Å². The lowest BCUT2D eigenvalue weighted by Crippen LogP contribution is -3.16. The molecule has 1 aromatic rings. The minimum atomic E-state index is -3.00. The van der Waals surface area contributed by atoms with Gasteiger partial charge in [0, 0.05) is 18.3 Å². The Morgan fingerprint density at radius 1 is 1.24 bits per heavy atom. The molecule has 0 spiro atoms. The van der Waals surface area contributed by atoms with Crippen LogP contribution in [0.2, 0.25) is 0 Å². The molecule has 7 nitrogen and oxygen atoms in total. The predicted molar refractivity (Wildman–Crippen MR) is 114 cm³/mol. The Balaban J connectivity index is 1.55. The van der Waals surface area contributed by atoms with Gasteiger partial charge in [-0.3, -0.25) is 4.79 Å². The second-order valence-electron chi connectivity index (χ2n) is 8.61. The molecule has 0 saturated carbocycles. The fourth-order valence-electron chi connectivity index (χ4n) is 4.24. The number of quaternary nitrogens is 1. The van der Waals surface area contributed by atoms with Crippen molar-refractivity contribution in [3.05, 3.63) is 24.3 Å². The maximum absolute atomic E-state index is 13.0. The zero-order valence-electron chi connectivity index (χ0n) is 17.8. The Morgan fingerprint density at radius 3 is 2.41 bits per heavy atom. The second kappa shape index (κ2) is 9.34. The molecule has 8 heteroatoms. The van der Waals surface area contributed by atoms with Crippen LogP contribution in [0.5, 0.6) is 5.75 Å². The van der Waals surface area contributed by atoms with Crippen LogP contribution in [0.25, 0.3) is 0 Å². The average molecular weight is 425 g/mol. The maximum atomic E-state index is 13.0. The monoisotopic (exact) mass is 424 g/mol. The van der Waals surface area contributed by atoms with Gasteiger partial charge in [0.2, 0.25) is 0 Å². The van der Waals surface area contributed by atoms with Crippen LogP contribution in [-0.2, 0) is 14.6 Å². The third kappa shape index (κ3) is 5.85. The van der Waals surface area contributed by atoms with Crippen LogP contribution < -0.4 is 14.5 Å². The smallest absolute Gasteiger partial charge is 0.278 e. The SMILES string of the molecule is COc1ccc(N2CC[NH+](CC(=O)N(CC(C)C)[C@@H]3CCS(=O)(=O)C3)CC2)cc1. The molecule has 1 aromatic carbocycles. The molecule has 2 fully saturated rings. The minimum Gasteiger partial charge on any atom is -0.497 e. The summed E-state index contributed by atoms with van der Waals surface area (Å²) in [5.74, 6) is 1.58. The van der Waals surface area contributed by atoms with Crippen LogP contribution in [0.1, 0.15) is 20.3 Å². The molecule has 1 atom stereocenters. The molecule has 162 valence electrons. The molecular weight excluding hydrogens is 390 g/mol. The molecule has 2 saturated heterocycles. The number of benzene rings is 1. The topological polar surface area (TPSA) is 71.4 Å². The van der Waals surface area contributed by atoms with E-state index in [9.17, 15) is 13.2 Å². The Kier molecular flexibility index (Phi) is 7.05. The van der Waals surface area contributed by atoms with Crippen molar-refractivity contribution in [1.82, 2.24) is 4.90 Å². The second-order valence-corrected chi connectivity index (χ2v) is 10.8. The number of methoxy groups -OCH3 is 1. The van der Waals surface area contributed by atoms with Crippen LogP contribution in [0.3, 0.4) is 0 Å². The highest BCUT2D eigenvalue weighted by Crippen LogP contribution is 2.20. The first-order valence-corrected chi connectivity index (χ1v) is 12.3. The van der Waals surface area contributed by atoms with Crippen molar-refractivity contribution in [3.63, 3.8) is 0 Å². The molecule has 1 N–H and O–H groups in total. The van der Waals surface area contributed by atoms with E-state index in [4.69, 9.17) is 4.74 Å². The van der Waals surface area contributed by atoms with Gasteiger partial charge in [0.1, 0.15) is 5.75 Å². The summed E-state index contributed by atoms with van der Waals surface area (Å²) in [7, 11) is -1.34. The summed E-state index contributed by atoms with van der Waals surface area (Å²) >= 11 is 0. The largest absolute Gasteiger partial charge is 0.497 e. The standard InChI is InChI=1S/C21H33N3O4S/c1-17(2)14-24(19-8-13-29(26,27)16-19)21(25)15-22-9-11-23(12-10-22)18-4-6-20(28-3)7-5-18/h4-7,17,19H,8-16H2,1-3H3/p+1/t19-/m1/s1. The summed E-state index contributed by atoms with van der Waals surface area (Å²) in [4.78, 5) is 18.5. The zero-order chi connectivity index (χ0) is 21.0. The number of nitrogens with zero attached hydrogens (tertiary/aromatic N) is 2. The molecule has 0 aromatic heterocycles. The lowest BCUT2D eigenvalue weighted by Gasteiger charge is -2.35. The predicted octanol–water partition coefficient (Wildman–Crippen LogP) is 0.0718. The van der Waals surface area contributed by atoms with Gasteiger partial charge in [-0.15, -0.1) is 0 Å². The summed E-state index contributed by atoms with van der Waals surface area (Å²) in [5, 5.41) is 0. The minimum absolute atomic E-state index is 0.0914. The number of hydrogen-bond donors (Lipinski definition) is 1. The number of ether oxygens (including phenoxy) is 1. The highest BCUT2D eigenvalue weighted by molar-refractivity contribution is 7.91. The Morgan fingerprint density at radius 2 is 1.90 bits per heavy atom. The third-order valence-electron chi connectivity index (χ3n) is 5.84. The number of anilines is 1. The van der Waals surface area contributed by atoms with Gasteiger partial charge in [0.15, 0.2) is 16.4 Å². The number of carbonyl (C=O) groups is 1. The van der Waals surface area contributed by atoms with Crippen molar-refractivity contribution in [2.45, 2.75) is 26.3 Å². The maximum Gasteiger partial charge on any atom is 0.278 e. The van der Waals surface area contributed by atoms with Crippen molar-refractivity contribution < 1.29 is 22.8 Å². The molecule has 1 amide bonds. The van der Waals surface area contributed by atoms with Gasteiger partial charge in [-0.2, -0.15) is 0 Å². The van der Waals surface area contributed by atoms with E-state index in [0.717, 1.165) is 31.9 Å². The first kappa shape index (κ1) is 21.9. The van der Waals surface area contributed by atoms with Gasteiger partial charge in [0.05, 0.1) is 44.8 Å². The summed E-state index contributed by atoms with van der Waals surface area (Å²) in [6.07, 6.45) is 0.571. The van der Waals surface area contributed by atoms with Gasteiger partial charge in [-0.05, 0) is 36.6 Å². The lowest BCUT2D eigenvalue weighted by atomic mass is 10.1. The Labute approximate surface area is 174 Å². The van der Waals surface area contributed by atoms with Crippen molar-refractivity contribution in [2.75, 3.05) is 62.8 Å². The molecule has 0 aliphatic carbocycles. The number of carbonyl (C=O) groups excluding carboxylic acids is 1. The first-order chi connectivity index (χ1) is 13.8. The lowest BCUT2D eigenvalue weighted by molar-refractivity contribution is -0.892. The number of sulfone groups is 1. The quantitative estimate of drug-likeness (QED) is 0.671. The van der Waals surface area contributed by atoms with E-state index in [0.29, 0.717) is 25.4 Å². The molecule has 29 heavy (non-hydrogen) atoms. The van der Waals surface area contributed by atoms with E-state index in [-0.39, 0.29) is 23.5 Å². The van der Waals surface area contributed by atoms with Crippen molar-refractivity contribution in [2.24, 2.45) is 5.92 Å². The number of piperazine rings is 1. The summed E-state index contributed by atoms with van der Waals surface area (Å²) in [6, 6.07) is 7.92. The van der Waals surface area contributed by atoms with Crippen molar-refractivity contribution in [1.29, 1.82) is 0 Å². The van der Waals surface area contributed by atoms with Crippen LogP contribution in [0, 0.1) is 5.92 Å². The van der Waals surface area contributed by atoms with Crippen molar-refractivity contribution in [3.8, 4) is 5.75 Å². The summed E-state index contributed by atoms with van der Waals surface area (Å²) < 4.78 is 29.0. The fourth-order valence-corrected chi connectivity index (χ4v) is 5.97. The molecule has 0 bridgehead atoms. The van der Waals surface area contributed by atoms with Crippen LogP contribution in [0.15, 0.2) is 24.3 Å². The molecule has 0 unspecified atom stereocenters. The summed E-state index contributed by atoms with van der Waals surface area (Å²) in [6.45, 7) is 8.82. The summed E-state index contributed by atoms with van der Waals surface area (Å²) in [5.41, 5.74) is 1.17. The van der Waals surface area contributed by atoms with E-state index in [2.05, 4.69) is 30.9 Å². The van der Waals surface area contributed by atoms with E-state index in [1.165, 1.54) is 10.6 Å². The number of nitrogens with one attached hydrogen (secondary N) is 1. The molecule has 2 heterocycles. The van der Waals surface area contributed by atoms with E-state index < -0.39 is 9.84 Å². The van der Waals surface area contributed by atoms with Gasteiger partial charge in [-0.25, -0.2) is 8.42 Å². The average Bonchev–Trinajstić information content (AvgIpc) is 3.06. The van der Waals surface area contributed by atoms with Crippen molar-refractivity contribution >= 4 is 21.4 Å². The molecule has 2 aliphatic heterocycles. The van der Waals surface area contributed by atoms with Gasteiger partial charge >= 0.3 is 0 Å². The molecule has 2 aliphatic rings.